The van der Waals surface area contributed by atoms with E-state index in [0.717, 1.165) is 11.3 Å². The number of nitrogens with one attached hydrogen (secondary N) is 1. The van der Waals surface area contributed by atoms with E-state index in [0.29, 0.717) is 11.6 Å². The maximum atomic E-state index is 11.8. The van der Waals surface area contributed by atoms with Gasteiger partial charge in [0.25, 0.3) is 0 Å². The van der Waals surface area contributed by atoms with Crippen LogP contribution in [0.1, 0.15) is 5.56 Å². The van der Waals surface area contributed by atoms with Crippen LogP contribution in [0.2, 0.25) is 5.02 Å². The topological polar surface area (TPSA) is 21.3 Å². The highest BCUT2D eigenvalue weighted by Crippen LogP contribution is 2.22. The van der Waals surface area contributed by atoms with Crippen molar-refractivity contribution >= 4 is 17.3 Å². The molecule has 2 nitrogen and oxygen atoms in total. The largest absolute Gasteiger partial charge is 0.411 e. The Bertz CT molecular complexity index is 368. The van der Waals surface area contributed by atoms with Crippen molar-refractivity contribution in [3.8, 4) is 0 Å². The molecular formula is C11H13ClF3NO. The molecule has 0 aliphatic carbocycles. The summed E-state index contributed by atoms with van der Waals surface area (Å²) in [6.45, 7) is 0.910. The van der Waals surface area contributed by atoms with Gasteiger partial charge < -0.3 is 10.1 Å². The highest BCUT2D eigenvalue weighted by Gasteiger charge is 2.27. The zero-order chi connectivity index (χ0) is 12.9. The summed E-state index contributed by atoms with van der Waals surface area (Å²) in [6, 6.07) is 5.33. The van der Waals surface area contributed by atoms with Gasteiger partial charge in [0.15, 0.2) is 0 Å². The summed E-state index contributed by atoms with van der Waals surface area (Å²) < 4.78 is 39.7. The first-order valence-electron chi connectivity index (χ1n) is 5.03. The molecule has 0 unspecified atom stereocenters. The molecule has 1 N–H and O–H groups in total. The number of benzene rings is 1. The van der Waals surface area contributed by atoms with E-state index < -0.39 is 12.8 Å². The molecule has 0 amide bonds. The van der Waals surface area contributed by atoms with E-state index in [1.807, 2.05) is 13.0 Å². The molecular weight excluding hydrogens is 255 g/mol. The third kappa shape index (κ3) is 5.28. The molecule has 0 aliphatic rings. The van der Waals surface area contributed by atoms with Gasteiger partial charge in [-0.1, -0.05) is 17.7 Å². The van der Waals surface area contributed by atoms with Gasteiger partial charge in [-0.2, -0.15) is 13.2 Å². The van der Waals surface area contributed by atoms with Crippen LogP contribution in [-0.4, -0.2) is 25.9 Å². The lowest BCUT2D eigenvalue weighted by molar-refractivity contribution is -0.172. The van der Waals surface area contributed by atoms with Crippen LogP contribution in [0.5, 0.6) is 0 Å². The molecule has 0 saturated carbocycles. The van der Waals surface area contributed by atoms with Crippen molar-refractivity contribution in [1.82, 2.24) is 0 Å². The zero-order valence-corrected chi connectivity index (χ0v) is 10.0. The Labute approximate surface area is 103 Å². The Morgan fingerprint density at radius 1 is 1.35 bits per heavy atom. The van der Waals surface area contributed by atoms with Crippen LogP contribution in [0.15, 0.2) is 18.2 Å². The second-order valence-corrected chi connectivity index (χ2v) is 3.91. The molecule has 0 fully saturated rings. The fourth-order valence-corrected chi connectivity index (χ4v) is 1.42. The summed E-state index contributed by atoms with van der Waals surface area (Å²) in [4.78, 5) is 0. The Hall–Kier alpha value is -0.940. The lowest BCUT2D eigenvalue weighted by atomic mass is 10.2. The minimum absolute atomic E-state index is 0.00847. The molecule has 96 valence electrons. The van der Waals surface area contributed by atoms with E-state index in [-0.39, 0.29) is 6.61 Å². The molecule has 0 heterocycles. The maximum absolute atomic E-state index is 11.8. The third-order valence-electron chi connectivity index (χ3n) is 2.10. The summed E-state index contributed by atoms with van der Waals surface area (Å²) in [5, 5.41) is 3.58. The molecule has 17 heavy (non-hydrogen) atoms. The smallest absolute Gasteiger partial charge is 0.382 e. The van der Waals surface area contributed by atoms with E-state index in [4.69, 9.17) is 11.6 Å². The van der Waals surface area contributed by atoms with Crippen molar-refractivity contribution in [2.75, 3.05) is 25.1 Å². The molecule has 0 aliphatic heterocycles. The number of halogens is 4. The van der Waals surface area contributed by atoms with Crippen LogP contribution in [0.3, 0.4) is 0 Å². The molecule has 1 rings (SSSR count). The van der Waals surface area contributed by atoms with Crippen molar-refractivity contribution in [2.24, 2.45) is 0 Å². The van der Waals surface area contributed by atoms with Crippen LogP contribution in [0.25, 0.3) is 0 Å². The first-order chi connectivity index (χ1) is 7.90. The van der Waals surface area contributed by atoms with E-state index >= 15 is 0 Å². The Balaban J connectivity index is 2.29. The van der Waals surface area contributed by atoms with Crippen molar-refractivity contribution in [3.63, 3.8) is 0 Å². The van der Waals surface area contributed by atoms with Crippen LogP contribution in [0, 0.1) is 6.92 Å². The van der Waals surface area contributed by atoms with Crippen molar-refractivity contribution in [3.05, 3.63) is 28.8 Å². The Morgan fingerprint density at radius 3 is 2.71 bits per heavy atom. The van der Waals surface area contributed by atoms with Gasteiger partial charge in [0, 0.05) is 17.3 Å². The number of anilines is 1. The maximum Gasteiger partial charge on any atom is 0.411 e. The molecule has 0 spiro atoms. The van der Waals surface area contributed by atoms with Gasteiger partial charge in [-0.3, -0.25) is 0 Å². The fourth-order valence-electron chi connectivity index (χ4n) is 1.24. The minimum Gasteiger partial charge on any atom is -0.382 e. The van der Waals surface area contributed by atoms with Crippen molar-refractivity contribution < 1.29 is 17.9 Å². The lowest BCUT2D eigenvalue weighted by Crippen LogP contribution is -2.20. The van der Waals surface area contributed by atoms with Gasteiger partial charge in [-0.25, -0.2) is 0 Å². The number of hydrogen-bond donors (Lipinski definition) is 1. The quantitative estimate of drug-likeness (QED) is 0.823. The van der Waals surface area contributed by atoms with Gasteiger partial charge in [-0.05, 0) is 24.6 Å². The van der Waals surface area contributed by atoms with Crippen LogP contribution in [0.4, 0.5) is 18.9 Å². The second-order valence-electron chi connectivity index (χ2n) is 3.51. The molecule has 0 aromatic heterocycles. The Kier molecular flexibility index (Phi) is 5.08. The molecule has 0 radical (unpaired) electrons. The first-order valence-corrected chi connectivity index (χ1v) is 5.41. The number of rotatable bonds is 5. The van der Waals surface area contributed by atoms with Crippen molar-refractivity contribution in [1.29, 1.82) is 0 Å². The van der Waals surface area contributed by atoms with Crippen LogP contribution < -0.4 is 5.32 Å². The Morgan fingerprint density at radius 2 is 2.06 bits per heavy atom. The predicted molar refractivity (Wildman–Crippen MR) is 61.6 cm³/mol. The average molecular weight is 268 g/mol. The number of alkyl halides is 3. The molecule has 1 aromatic rings. The number of ether oxygens (including phenoxy) is 1. The zero-order valence-electron chi connectivity index (χ0n) is 9.27. The molecule has 1 aromatic carbocycles. The first kappa shape index (κ1) is 14.1. The summed E-state index contributed by atoms with van der Waals surface area (Å²) >= 11 is 5.89. The summed E-state index contributed by atoms with van der Waals surface area (Å²) in [7, 11) is 0. The van der Waals surface area contributed by atoms with E-state index in [9.17, 15) is 13.2 Å². The van der Waals surface area contributed by atoms with Gasteiger partial charge in [0.1, 0.15) is 6.61 Å². The monoisotopic (exact) mass is 267 g/mol. The SMILES string of the molecule is Cc1c(Cl)cccc1NCCOCC(F)(F)F. The fraction of sp³-hybridized carbons (Fsp3) is 0.455. The van der Waals surface area contributed by atoms with Gasteiger partial charge in [0.2, 0.25) is 0 Å². The van der Waals surface area contributed by atoms with E-state index in [2.05, 4.69) is 10.1 Å². The summed E-state index contributed by atoms with van der Waals surface area (Å²) in [6.07, 6.45) is -4.27. The normalized spacial score (nSPS) is 11.6. The predicted octanol–water partition coefficient (Wildman–Crippen LogP) is 3.64. The minimum atomic E-state index is -4.27. The highest BCUT2D eigenvalue weighted by atomic mass is 35.5. The molecule has 0 saturated heterocycles. The molecule has 0 atom stereocenters. The van der Waals surface area contributed by atoms with Gasteiger partial charge in [-0.15, -0.1) is 0 Å². The molecule has 6 heteroatoms. The summed E-state index contributed by atoms with van der Waals surface area (Å²) in [5.74, 6) is 0. The second kappa shape index (κ2) is 6.12. The third-order valence-corrected chi connectivity index (χ3v) is 2.50. The average Bonchev–Trinajstić information content (AvgIpc) is 2.22. The van der Waals surface area contributed by atoms with Crippen LogP contribution >= 0.6 is 11.6 Å². The van der Waals surface area contributed by atoms with Gasteiger partial charge >= 0.3 is 6.18 Å². The van der Waals surface area contributed by atoms with Gasteiger partial charge in [0.05, 0.1) is 6.61 Å². The molecule has 0 bridgehead atoms. The summed E-state index contributed by atoms with van der Waals surface area (Å²) in [5.41, 5.74) is 1.66. The standard InChI is InChI=1S/C11H13ClF3NO/c1-8-9(12)3-2-4-10(8)16-5-6-17-7-11(13,14)15/h2-4,16H,5-7H2,1H3. The highest BCUT2D eigenvalue weighted by molar-refractivity contribution is 6.31. The van der Waals surface area contributed by atoms with Crippen LogP contribution in [-0.2, 0) is 4.74 Å². The van der Waals surface area contributed by atoms with E-state index in [1.54, 1.807) is 12.1 Å². The van der Waals surface area contributed by atoms with E-state index in [1.165, 1.54) is 0 Å². The van der Waals surface area contributed by atoms with Crippen molar-refractivity contribution in [2.45, 2.75) is 13.1 Å². The lowest BCUT2D eigenvalue weighted by Gasteiger charge is -2.11. The number of hydrogen-bond acceptors (Lipinski definition) is 2.